The molecule has 0 aliphatic carbocycles. The molecule has 1 aromatic rings. The molecule has 2 unspecified atom stereocenters. The van der Waals surface area contributed by atoms with Crippen molar-refractivity contribution in [1.29, 1.82) is 0 Å². The van der Waals surface area contributed by atoms with Crippen molar-refractivity contribution in [3.05, 3.63) is 33.8 Å². The Labute approximate surface area is 115 Å². The summed E-state index contributed by atoms with van der Waals surface area (Å²) in [5.41, 5.74) is 1.81. The van der Waals surface area contributed by atoms with Gasteiger partial charge in [-0.1, -0.05) is 22.0 Å². The lowest BCUT2D eigenvalue weighted by Crippen LogP contribution is -2.46. The molecule has 18 heavy (non-hydrogen) atoms. The smallest absolute Gasteiger partial charge is 0.254 e. The number of amides is 1. The van der Waals surface area contributed by atoms with E-state index in [2.05, 4.69) is 15.9 Å². The summed E-state index contributed by atoms with van der Waals surface area (Å²) in [6.07, 6.45) is 2.68. The molecule has 0 aromatic heterocycles. The lowest BCUT2D eigenvalue weighted by Gasteiger charge is -2.32. The van der Waals surface area contributed by atoms with Crippen molar-refractivity contribution < 1.29 is 9.53 Å². The number of hydrogen-bond donors (Lipinski definition) is 0. The zero-order valence-electron chi connectivity index (χ0n) is 10.4. The van der Waals surface area contributed by atoms with Gasteiger partial charge in [0.1, 0.15) is 0 Å². The molecule has 2 fully saturated rings. The number of fused-ring (bicyclic) bond motifs is 2. The van der Waals surface area contributed by atoms with Gasteiger partial charge in [0.25, 0.3) is 5.91 Å². The third kappa shape index (κ3) is 2.08. The fourth-order valence-electron chi connectivity index (χ4n) is 2.79. The van der Waals surface area contributed by atoms with Crippen LogP contribution in [0.25, 0.3) is 0 Å². The molecule has 1 amide bonds. The molecule has 0 saturated carbocycles. The molecule has 2 atom stereocenters. The maximum absolute atomic E-state index is 12.5. The minimum atomic E-state index is 0.133. The highest BCUT2D eigenvalue weighted by Crippen LogP contribution is 2.28. The predicted octanol–water partition coefficient (Wildman–Crippen LogP) is 2.76. The van der Waals surface area contributed by atoms with Gasteiger partial charge in [0, 0.05) is 23.1 Å². The summed E-state index contributed by atoms with van der Waals surface area (Å²) in [5, 5.41) is 0. The molecule has 96 valence electrons. The van der Waals surface area contributed by atoms with Crippen LogP contribution in [0.3, 0.4) is 0 Å². The van der Waals surface area contributed by atoms with Crippen LogP contribution in [0.15, 0.2) is 22.7 Å². The van der Waals surface area contributed by atoms with Gasteiger partial charge < -0.3 is 9.64 Å². The Morgan fingerprint density at radius 1 is 1.33 bits per heavy atom. The van der Waals surface area contributed by atoms with Gasteiger partial charge in [0.05, 0.1) is 12.2 Å². The van der Waals surface area contributed by atoms with Crippen LogP contribution in [0.2, 0.25) is 0 Å². The third-order valence-electron chi connectivity index (χ3n) is 3.83. The van der Waals surface area contributed by atoms with Crippen molar-refractivity contribution in [1.82, 2.24) is 4.90 Å². The second-order valence-electron chi connectivity index (χ2n) is 5.08. The minimum Gasteiger partial charge on any atom is -0.371 e. The van der Waals surface area contributed by atoms with E-state index in [-0.39, 0.29) is 18.1 Å². The number of morpholine rings is 1. The second-order valence-corrected chi connectivity index (χ2v) is 5.93. The molecule has 0 radical (unpaired) electrons. The quantitative estimate of drug-likeness (QED) is 0.798. The van der Waals surface area contributed by atoms with Crippen molar-refractivity contribution in [2.45, 2.75) is 32.0 Å². The second kappa shape index (κ2) is 4.67. The fourth-order valence-corrected chi connectivity index (χ4v) is 3.16. The standard InChI is InChI=1S/C14H16BrNO2/c1-9-12(3-2-4-13(9)15)14(17)16-7-10-5-6-11(8-16)18-10/h2-4,10-11H,5-8H2,1H3. The number of carbonyl (C=O) groups is 1. The highest BCUT2D eigenvalue weighted by atomic mass is 79.9. The number of ether oxygens (including phenoxy) is 1. The SMILES string of the molecule is Cc1c(Br)cccc1C(=O)N1CC2CCC(C1)O2. The van der Waals surface area contributed by atoms with Gasteiger partial charge in [-0.15, -0.1) is 0 Å². The summed E-state index contributed by atoms with van der Waals surface area (Å²) in [6, 6.07) is 5.79. The van der Waals surface area contributed by atoms with Gasteiger partial charge in [-0.2, -0.15) is 0 Å². The van der Waals surface area contributed by atoms with E-state index < -0.39 is 0 Å². The Bertz CT molecular complexity index is 477. The number of hydrogen-bond acceptors (Lipinski definition) is 2. The summed E-state index contributed by atoms with van der Waals surface area (Å²) in [7, 11) is 0. The molecule has 2 aliphatic heterocycles. The van der Waals surface area contributed by atoms with E-state index in [0.717, 1.165) is 41.5 Å². The van der Waals surface area contributed by atoms with Gasteiger partial charge in [-0.05, 0) is 37.5 Å². The highest BCUT2D eigenvalue weighted by Gasteiger charge is 2.36. The zero-order chi connectivity index (χ0) is 12.7. The molecule has 2 bridgehead atoms. The Morgan fingerprint density at radius 3 is 2.67 bits per heavy atom. The van der Waals surface area contributed by atoms with E-state index in [4.69, 9.17) is 4.74 Å². The van der Waals surface area contributed by atoms with E-state index in [1.54, 1.807) is 0 Å². The summed E-state index contributed by atoms with van der Waals surface area (Å²) >= 11 is 3.48. The van der Waals surface area contributed by atoms with Crippen LogP contribution in [0, 0.1) is 6.92 Å². The van der Waals surface area contributed by atoms with Gasteiger partial charge in [-0.3, -0.25) is 4.79 Å². The first-order valence-corrected chi connectivity index (χ1v) is 7.14. The van der Waals surface area contributed by atoms with Crippen molar-refractivity contribution in [2.24, 2.45) is 0 Å². The normalized spacial score (nSPS) is 26.4. The summed E-state index contributed by atoms with van der Waals surface area (Å²) in [4.78, 5) is 14.5. The summed E-state index contributed by atoms with van der Waals surface area (Å²) < 4.78 is 6.75. The van der Waals surface area contributed by atoms with E-state index in [1.165, 1.54) is 0 Å². The fraction of sp³-hybridized carbons (Fsp3) is 0.500. The molecular formula is C14H16BrNO2. The number of likely N-dealkylation sites (tertiary alicyclic amines) is 1. The number of halogens is 1. The molecular weight excluding hydrogens is 294 g/mol. The number of benzene rings is 1. The first-order chi connectivity index (χ1) is 8.65. The van der Waals surface area contributed by atoms with Gasteiger partial charge in [0.2, 0.25) is 0 Å². The summed E-state index contributed by atoms with van der Waals surface area (Å²) in [5.74, 6) is 0.133. The third-order valence-corrected chi connectivity index (χ3v) is 4.69. The molecule has 2 aliphatic rings. The first-order valence-electron chi connectivity index (χ1n) is 6.35. The van der Waals surface area contributed by atoms with E-state index in [1.807, 2.05) is 30.0 Å². The van der Waals surface area contributed by atoms with Crippen LogP contribution in [0.4, 0.5) is 0 Å². The van der Waals surface area contributed by atoms with Crippen molar-refractivity contribution in [2.75, 3.05) is 13.1 Å². The Hall–Kier alpha value is -0.870. The van der Waals surface area contributed by atoms with Gasteiger partial charge in [-0.25, -0.2) is 0 Å². The van der Waals surface area contributed by atoms with Crippen LogP contribution in [0.5, 0.6) is 0 Å². The van der Waals surface area contributed by atoms with Gasteiger partial charge in [0.15, 0.2) is 0 Å². The monoisotopic (exact) mass is 309 g/mol. The molecule has 0 N–H and O–H groups in total. The number of rotatable bonds is 1. The van der Waals surface area contributed by atoms with Crippen LogP contribution in [0.1, 0.15) is 28.8 Å². The Morgan fingerprint density at radius 2 is 2.00 bits per heavy atom. The molecule has 3 rings (SSSR count). The highest BCUT2D eigenvalue weighted by molar-refractivity contribution is 9.10. The summed E-state index contributed by atoms with van der Waals surface area (Å²) in [6.45, 7) is 3.45. The average Bonchev–Trinajstić information content (AvgIpc) is 2.71. The maximum Gasteiger partial charge on any atom is 0.254 e. The molecule has 0 spiro atoms. The van der Waals surface area contributed by atoms with Crippen LogP contribution in [-0.2, 0) is 4.74 Å². The van der Waals surface area contributed by atoms with E-state index >= 15 is 0 Å². The molecule has 4 heteroatoms. The lowest BCUT2D eigenvalue weighted by atomic mass is 10.1. The molecule has 1 aromatic carbocycles. The Kier molecular flexibility index (Phi) is 3.16. The molecule has 2 saturated heterocycles. The topological polar surface area (TPSA) is 29.5 Å². The predicted molar refractivity (Wildman–Crippen MR) is 72.7 cm³/mol. The zero-order valence-corrected chi connectivity index (χ0v) is 11.9. The number of nitrogens with zero attached hydrogens (tertiary/aromatic N) is 1. The largest absolute Gasteiger partial charge is 0.371 e. The van der Waals surface area contributed by atoms with Crippen molar-refractivity contribution in [3.63, 3.8) is 0 Å². The lowest BCUT2D eigenvalue weighted by molar-refractivity contribution is -0.0303. The van der Waals surface area contributed by atoms with Gasteiger partial charge >= 0.3 is 0 Å². The maximum atomic E-state index is 12.5. The average molecular weight is 310 g/mol. The van der Waals surface area contributed by atoms with E-state index in [9.17, 15) is 4.79 Å². The van der Waals surface area contributed by atoms with Crippen LogP contribution in [-0.4, -0.2) is 36.1 Å². The molecule has 2 heterocycles. The first kappa shape index (κ1) is 12.2. The Balaban J connectivity index is 1.84. The van der Waals surface area contributed by atoms with Crippen molar-refractivity contribution in [3.8, 4) is 0 Å². The number of carbonyl (C=O) groups excluding carboxylic acids is 1. The minimum absolute atomic E-state index is 0.133. The van der Waals surface area contributed by atoms with Crippen molar-refractivity contribution >= 4 is 21.8 Å². The van der Waals surface area contributed by atoms with Crippen LogP contribution >= 0.6 is 15.9 Å². The van der Waals surface area contributed by atoms with E-state index in [0.29, 0.717) is 0 Å². The van der Waals surface area contributed by atoms with Crippen LogP contribution < -0.4 is 0 Å². The molecule has 3 nitrogen and oxygen atoms in total.